The molecule has 0 unspecified atom stereocenters. The quantitative estimate of drug-likeness (QED) is 0.518. The number of ketones is 1. The summed E-state index contributed by atoms with van der Waals surface area (Å²) in [5.74, 6) is -1.81. The molecule has 0 saturated heterocycles. The van der Waals surface area contributed by atoms with Gasteiger partial charge < -0.3 is 4.29 Å². The molecule has 12 heavy (non-hydrogen) atoms. The minimum Gasteiger partial charge on any atom is -0.341 e. The van der Waals surface area contributed by atoms with Crippen molar-refractivity contribution in [2.45, 2.75) is 0 Å². The van der Waals surface area contributed by atoms with Gasteiger partial charge in [-0.1, -0.05) is 30.3 Å². The van der Waals surface area contributed by atoms with Crippen molar-refractivity contribution in [1.29, 1.82) is 0 Å². The first kappa shape index (κ1) is 8.74. The zero-order valence-electron chi connectivity index (χ0n) is 5.99. The van der Waals surface area contributed by atoms with Gasteiger partial charge in [-0.15, -0.1) is 0 Å². The van der Waals surface area contributed by atoms with Crippen LogP contribution in [0.15, 0.2) is 30.3 Å². The van der Waals surface area contributed by atoms with Gasteiger partial charge in [-0.05, 0) is 0 Å². The van der Waals surface area contributed by atoms with Crippen LogP contribution in [0.2, 0.25) is 0 Å². The van der Waals surface area contributed by atoms with Crippen LogP contribution in [0.5, 0.6) is 0 Å². The van der Waals surface area contributed by atoms with Gasteiger partial charge in [-0.2, -0.15) is 0 Å². The van der Waals surface area contributed by atoms with Crippen molar-refractivity contribution >= 4 is 23.6 Å². The first-order chi connectivity index (χ1) is 5.75. The molecular weight excluding hydrogens is 180 g/mol. The van der Waals surface area contributed by atoms with Crippen LogP contribution in [-0.4, -0.2) is 11.8 Å². The summed E-state index contributed by atoms with van der Waals surface area (Å²) < 4.78 is 3.75. The Kier molecular flexibility index (Phi) is 2.82. The normalized spacial score (nSPS) is 9.08. The smallest absolute Gasteiger partial charge is 0.341 e. The van der Waals surface area contributed by atoms with Gasteiger partial charge in [0, 0.05) is 5.56 Å². The van der Waals surface area contributed by atoms with E-state index in [4.69, 9.17) is 11.9 Å². The molecule has 0 aliphatic rings. The predicted molar refractivity (Wildman–Crippen MR) is 42.7 cm³/mol. The maximum atomic E-state index is 11.0. The molecule has 1 aromatic rings. The molecule has 0 radical (unpaired) electrons. The maximum absolute atomic E-state index is 11.0. The van der Waals surface area contributed by atoms with Crippen LogP contribution < -0.4 is 0 Å². The van der Waals surface area contributed by atoms with Gasteiger partial charge >= 0.3 is 5.97 Å². The summed E-state index contributed by atoms with van der Waals surface area (Å²) in [5, 5.41) is 0. The molecule has 0 heterocycles. The summed E-state index contributed by atoms with van der Waals surface area (Å²) in [6, 6.07) is 8.05. The lowest BCUT2D eigenvalue weighted by Crippen LogP contribution is -2.13. The average Bonchev–Trinajstić information content (AvgIpc) is 2.17. The van der Waals surface area contributed by atoms with Gasteiger partial charge in [0.15, 0.2) is 0 Å². The van der Waals surface area contributed by atoms with Crippen LogP contribution in [0.25, 0.3) is 0 Å². The van der Waals surface area contributed by atoms with Crippen molar-refractivity contribution in [3.05, 3.63) is 35.9 Å². The minimum absolute atomic E-state index is 0.267. The number of rotatable bonds is 2. The van der Waals surface area contributed by atoms with E-state index in [0.29, 0.717) is 0 Å². The Morgan fingerprint density at radius 1 is 1.17 bits per heavy atom. The predicted octanol–water partition coefficient (Wildman–Crippen LogP) is 1.57. The molecule has 0 fully saturated rings. The molecule has 0 aromatic heterocycles. The fourth-order valence-electron chi connectivity index (χ4n) is 0.742. The lowest BCUT2D eigenvalue weighted by molar-refractivity contribution is -0.128. The molecule has 0 aliphatic heterocycles. The summed E-state index contributed by atoms with van der Waals surface area (Å²) in [5.41, 5.74) is 0.267. The topological polar surface area (TPSA) is 43.4 Å². The molecule has 0 aliphatic carbocycles. The Morgan fingerprint density at radius 3 is 2.25 bits per heavy atom. The van der Waals surface area contributed by atoms with Crippen molar-refractivity contribution in [2.75, 3.05) is 0 Å². The van der Waals surface area contributed by atoms with E-state index in [9.17, 15) is 9.59 Å². The largest absolute Gasteiger partial charge is 0.397 e. The van der Waals surface area contributed by atoms with Crippen molar-refractivity contribution in [3.63, 3.8) is 0 Å². The van der Waals surface area contributed by atoms with E-state index in [1.165, 1.54) is 12.1 Å². The van der Waals surface area contributed by atoms with Gasteiger partial charge in [0.1, 0.15) is 11.9 Å². The van der Waals surface area contributed by atoms with E-state index in [0.717, 1.165) is 0 Å². The average molecular weight is 185 g/mol. The fraction of sp³-hybridized carbons (Fsp3) is 0. The van der Waals surface area contributed by atoms with Crippen LogP contribution in [0.3, 0.4) is 0 Å². The lowest BCUT2D eigenvalue weighted by atomic mass is 10.1. The highest BCUT2D eigenvalue weighted by atomic mass is 35.5. The van der Waals surface area contributed by atoms with E-state index in [1.54, 1.807) is 18.2 Å². The summed E-state index contributed by atoms with van der Waals surface area (Å²) in [6.07, 6.45) is 0. The van der Waals surface area contributed by atoms with Crippen LogP contribution in [-0.2, 0) is 9.08 Å². The summed E-state index contributed by atoms with van der Waals surface area (Å²) in [7, 11) is 0. The van der Waals surface area contributed by atoms with Gasteiger partial charge in [0.05, 0.1) is 0 Å². The van der Waals surface area contributed by atoms with E-state index in [1.807, 2.05) is 0 Å². The Bertz CT molecular complexity index is 294. The monoisotopic (exact) mass is 184 g/mol. The first-order valence-electron chi connectivity index (χ1n) is 3.18. The third kappa shape index (κ3) is 1.83. The van der Waals surface area contributed by atoms with Crippen LogP contribution >= 0.6 is 11.9 Å². The number of hydrogen-bond donors (Lipinski definition) is 0. The Hall–Kier alpha value is -1.35. The second-order valence-corrected chi connectivity index (χ2v) is 2.21. The molecule has 0 saturated carbocycles. The Balaban J connectivity index is 2.86. The highest BCUT2D eigenvalue weighted by Gasteiger charge is 2.16. The third-order valence-corrected chi connectivity index (χ3v) is 1.43. The van der Waals surface area contributed by atoms with Gasteiger partial charge in [-0.3, -0.25) is 4.79 Å². The minimum atomic E-state index is -1.07. The Morgan fingerprint density at radius 2 is 1.75 bits per heavy atom. The highest BCUT2D eigenvalue weighted by molar-refractivity contribution is 6.43. The third-order valence-electron chi connectivity index (χ3n) is 1.29. The molecule has 0 bridgehead atoms. The second kappa shape index (κ2) is 3.88. The number of carbonyl (C=O) groups excluding carboxylic acids is 2. The molecule has 1 rings (SSSR count). The standard InChI is InChI=1S/C8H5ClO3/c9-12-8(11)7(10)6-4-2-1-3-5-6/h1-5H. The first-order valence-corrected chi connectivity index (χ1v) is 3.49. The Labute approximate surface area is 74.1 Å². The van der Waals surface area contributed by atoms with Gasteiger partial charge in [0.2, 0.25) is 0 Å². The van der Waals surface area contributed by atoms with Gasteiger partial charge in [-0.25, -0.2) is 4.79 Å². The molecule has 62 valence electrons. The van der Waals surface area contributed by atoms with E-state index < -0.39 is 11.8 Å². The van der Waals surface area contributed by atoms with Crippen LogP contribution in [0.4, 0.5) is 0 Å². The molecule has 4 heteroatoms. The zero-order valence-corrected chi connectivity index (χ0v) is 6.75. The molecule has 1 aromatic carbocycles. The summed E-state index contributed by atoms with van der Waals surface area (Å²) in [6.45, 7) is 0. The molecule has 0 spiro atoms. The molecular formula is C8H5ClO3. The second-order valence-electron chi connectivity index (χ2n) is 2.06. The summed E-state index contributed by atoms with van der Waals surface area (Å²) >= 11 is 4.73. The van der Waals surface area contributed by atoms with Crippen molar-refractivity contribution in [3.8, 4) is 0 Å². The molecule has 0 amide bonds. The maximum Gasteiger partial charge on any atom is 0.397 e. The number of halogens is 1. The number of benzene rings is 1. The summed E-state index contributed by atoms with van der Waals surface area (Å²) in [4.78, 5) is 21.6. The lowest BCUT2D eigenvalue weighted by Gasteiger charge is -1.94. The van der Waals surface area contributed by atoms with Crippen molar-refractivity contribution in [2.24, 2.45) is 0 Å². The zero-order chi connectivity index (χ0) is 8.97. The van der Waals surface area contributed by atoms with Crippen LogP contribution in [0.1, 0.15) is 10.4 Å². The van der Waals surface area contributed by atoms with E-state index in [2.05, 4.69) is 4.29 Å². The molecule has 0 N–H and O–H groups in total. The number of Topliss-reactive ketones (excluding diaryl/α,β-unsaturated/α-hetero) is 1. The van der Waals surface area contributed by atoms with Crippen molar-refractivity contribution < 1.29 is 13.9 Å². The fourth-order valence-corrected chi connectivity index (χ4v) is 0.812. The number of hydrogen-bond acceptors (Lipinski definition) is 3. The number of carbonyl (C=O) groups is 2. The molecule has 3 nitrogen and oxygen atoms in total. The van der Waals surface area contributed by atoms with E-state index >= 15 is 0 Å². The van der Waals surface area contributed by atoms with Crippen LogP contribution in [0, 0.1) is 0 Å². The van der Waals surface area contributed by atoms with Gasteiger partial charge in [0.25, 0.3) is 5.78 Å². The van der Waals surface area contributed by atoms with Crippen molar-refractivity contribution in [1.82, 2.24) is 0 Å². The highest BCUT2D eigenvalue weighted by Crippen LogP contribution is 2.01. The molecule has 0 atom stereocenters. The SMILES string of the molecule is O=C(OCl)C(=O)c1ccccc1. The van der Waals surface area contributed by atoms with E-state index in [-0.39, 0.29) is 5.56 Å².